The van der Waals surface area contributed by atoms with Crippen LogP contribution in [0.1, 0.15) is 16.5 Å². The van der Waals surface area contributed by atoms with Gasteiger partial charge < -0.3 is 4.57 Å². The average molecular weight is 296 g/mol. The highest BCUT2D eigenvalue weighted by molar-refractivity contribution is 7.09. The van der Waals surface area contributed by atoms with Gasteiger partial charge in [-0.1, -0.05) is 6.07 Å². The summed E-state index contributed by atoms with van der Waals surface area (Å²) in [6.07, 6.45) is 0. The second-order valence-electron chi connectivity index (χ2n) is 4.21. The molecule has 0 radical (unpaired) electrons. The van der Waals surface area contributed by atoms with E-state index in [0.717, 1.165) is 16.2 Å². The molecule has 2 aromatic heterocycles. The van der Waals surface area contributed by atoms with Gasteiger partial charge in [-0.15, -0.1) is 22.9 Å². The summed E-state index contributed by atoms with van der Waals surface area (Å²) in [4.78, 5) is 8.69. The molecule has 3 aromatic rings. The van der Waals surface area contributed by atoms with Crippen molar-refractivity contribution in [1.29, 1.82) is 0 Å². The SMILES string of the molecule is Cc1nc(Cn2c(CCl)nc3c(F)cccc32)cs1. The van der Waals surface area contributed by atoms with Crippen LogP contribution in [0.15, 0.2) is 23.6 Å². The summed E-state index contributed by atoms with van der Waals surface area (Å²) in [6.45, 7) is 2.52. The molecule has 1 aromatic carbocycles. The molecule has 0 aliphatic rings. The first-order valence-corrected chi connectivity index (χ1v) is 7.21. The zero-order valence-electron chi connectivity index (χ0n) is 10.2. The molecule has 0 fully saturated rings. The highest BCUT2D eigenvalue weighted by Crippen LogP contribution is 2.22. The van der Waals surface area contributed by atoms with Crippen molar-refractivity contribution in [3.05, 3.63) is 45.9 Å². The quantitative estimate of drug-likeness (QED) is 0.689. The van der Waals surface area contributed by atoms with E-state index in [0.29, 0.717) is 17.9 Å². The first kappa shape index (κ1) is 12.6. The van der Waals surface area contributed by atoms with E-state index in [1.165, 1.54) is 6.07 Å². The number of nitrogens with zero attached hydrogens (tertiary/aromatic N) is 3. The first-order chi connectivity index (χ1) is 9.19. The van der Waals surface area contributed by atoms with E-state index in [9.17, 15) is 4.39 Å². The maximum atomic E-state index is 13.7. The van der Waals surface area contributed by atoms with Crippen molar-refractivity contribution in [2.45, 2.75) is 19.3 Å². The molecule has 19 heavy (non-hydrogen) atoms. The number of alkyl halides is 1. The third-order valence-corrected chi connectivity index (χ3v) is 3.98. The van der Waals surface area contributed by atoms with Crippen molar-refractivity contribution in [2.75, 3.05) is 0 Å². The molecule has 0 unspecified atom stereocenters. The van der Waals surface area contributed by atoms with Crippen molar-refractivity contribution in [3.63, 3.8) is 0 Å². The lowest BCUT2D eigenvalue weighted by molar-refractivity contribution is 0.637. The fraction of sp³-hybridized carbons (Fsp3) is 0.231. The number of halogens is 2. The number of thiazole rings is 1. The smallest absolute Gasteiger partial charge is 0.151 e. The van der Waals surface area contributed by atoms with Crippen molar-refractivity contribution in [2.24, 2.45) is 0 Å². The molecule has 0 saturated carbocycles. The van der Waals surface area contributed by atoms with E-state index in [4.69, 9.17) is 11.6 Å². The summed E-state index contributed by atoms with van der Waals surface area (Å²) in [5.41, 5.74) is 2.06. The molecule has 0 bridgehead atoms. The van der Waals surface area contributed by atoms with Crippen molar-refractivity contribution in [3.8, 4) is 0 Å². The Balaban J connectivity index is 2.13. The number of hydrogen-bond acceptors (Lipinski definition) is 3. The summed E-state index contributed by atoms with van der Waals surface area (Å²) in [6, 6.07) is 4.94. The average Bonchev–Trinajstić information content (AvgIpc) is 2.96. The number of aromatic nitrogens is 3. The topological polar surface area (TPSA) is 30.7 Å². The standard InChI is InChI=1S/C13H11ClFN3S/c1-8-16-9(7-19-8)6-18-11-4-2-3-10(15)13(11)17-12(18)5-14/h2-4,7H,5-6H2,1H3. The van der Waals surface area contributed by atoms with E-state index in [1.807, 2.05) is 22.9 Å². The molecular weight excluding hydrogens is 285 g/mol. The molecular formula is C13H11ClFN3S. The molecule has 0 spiro atoms. The van der Waals surface area contributed by atoms with Gasteiger partial charge in [0.25, 0.3) is 0 Å². The minimum absolute atomic E-state index is 0.247. The van der Waals surface area contributed by atoms with Crippen molar-refractivity contribution in [1.82, 2.24) is 14.5 Å². The predicted molar refractivity (Wildman–Crippen MR) is 75.2 cm³/mol. The Labute approximate surface area is 118 Å². The minimum Gasteiger partial charge on any atom is -0.321 e. The van der Waals surface area contributed by atoms with Gasteiger partial charge in [0, 0.05) is 5.38 Å². The number of imidazole rings is 1. The van der Waals surface area contributed by atoms with Gasteiger partial charge in [-0.25, -0.2) is 14.4 Å². The highest BCUT2D eigenvalue weighted by Gasteiger charge is 2.14. The van der Waals surface area contributed by atoms with Crippen LogP contribution in [0.4, 0.5) is 4.39 Å². The lowest BCUT2D eigenvalue weighted by atomic mass is 10.3. The van der Waals surface area contributed by atoms with Crippen LogP contribution in [0.5, 0.6) is 0 Å². The fourth-order valence-corrected chi connectivity index (χ4v) is 2.89. The summed E-state index contributed by atoms with van der Waals surface area (Å²) in [5, 5.41) is 3.01. The zero-order chi connectivity index (χ0) is 13.4. The molecule has 98 valence electrons. The van der Waals surface area contributed by atoms with Gasteiger partial charge in [0.1, 0.15) is 11.3 Å². The number of para-hydroxylation sites is 1. The fourth-order valence-electron chi connectivity index (χ4n) is 2.08. The number of rotatable bonds is 3. The Morgan fingerprint density at radius 1 is 1.37 bits per heavy atom. The van der Waals surface area contributed by atoms with Gasteiger partial charge in [-0.2, -0.15) is 0 Å². The predicted octanol–water partition coefficient (Wildman–Crippen LogP) is 3.73. The van der Waals surface area contributed by atoms with Crippen LogP contribution < -0.4 is 0 Å². The molecule has 0 aliphatic heterocycles. The van der Waals surface area contributed by atoms with Gasteiger partial charge in [-0.05, 0) is 19.1 Å². The molecule has 0 atom stereocenters. The second kappa shape index (κ2) is 4.90. The summed E-state index contributed by atoms with van der Waals surface area (Å²) in [7, 11) is 0. The molecule has 0 amide bonds. The molecule has 3 nitrogen and oxygen atoms in total. The Hall–Kier alpha value is -1.46. The van der Waals surface area contributed by atoms with E-state index >= 15 is 0 Å². The van der Waals surface area contributed by atoms with Crippen LogP contribution in [0.25, 0.3) is 11.0 Å². The van der Waals surface area contributed by atoms with E-state index in [1.54, 1.807) is 17.4 Å². The molecule has 2 heterocycles. The number of hydrogen-bond donors (Lipinski definition) is 0. The maximum Gasteiger partial charge on any atom is 0.151 e. The lowest BCUT2D eigenvalue weighted by Crippen LogP contribution is -2.04. The zero-order valence-corrected chi connectivity index (χ0v) is 11.8. The van der Waals surface area contributed by atoms with Crippen LogP contribution in [0.3, 0.4) is 0 Å². The number of aryl methyl sites for hydroxylation is 1. The van der Waals surface area contributed by atoms with E-state index in [2.05, 4.69) is 9.97 Å². The second-order valence-corrected chi connectivity index (χ2v) is 5.54. The first-order valence-electron chi connectivity index (χ1n) is 5.79. The largest absolute Gasteiger partial charge is 0.321 e. The van der Waals surface area contributed by atoms with Crippen LogP contribution in [0.2, 0.25) is 0 Å². The maximum absolute atomic E-state index is 13.7. The Morgan fingerprint density at radius 2 is 2.21 bits per heavy atom. The van der Waals surface area contributed by atoms with Crippen molar-refractivity contribution < 1.29 is 4.39 Å². The third kappa shape index (κ3) is 2.24. The highest BCUT2D eigenvalue weighted by atomic mass is 35.5. The summed E-state index contributed by atoms with van der Waals surface area (Å²) in [5.74, 6) is 0.585. The number of benzene rings is 1. The minimum atomic E-state index is -0.322. The van der Waals surface area contributed by atoms with E-state index < -0.39 is 0 Å². The Kier molecular flexibility index (Phi) is 3.24. The number of fused-ring (bicyclic) bond motifs is 1. The molecule has 6 heteroatoms. The van der Waals surface area contributed by atoms with Gasteiger partial charge in [-0.3, -0.25) is 0 Å². The third-order valence-electron chi connectivity index (χ3n) is 2.91. The van der Waals surface area contributed by atoms with Gasteiger partial charge >= 0.3 is 0 Å². The van der Waals surface area contributed by atoms with Crippen LogP contribution in [-0.2, 0) is 12.4 Å². The monoisotopic (exact) mass is 295 g/mol. The molecule has 0 aliphatic carbocycles. The summed E-state index contributed by atoms with van der Waals surface area (Å²) >= 11 is 7.50. The molecule has 3 rings (SSSR count). The van der Waals surface area contributed by atoms with E-state index in [-0.39, 0.29) is 11.7 Å². The summed E-state index contributed by atoms with van der Waals surface area (Å²) < 4.78 is 15.6. The van der Waals surface area contributed by atoms with Crippen LogP contribution in [0, 0.1) is 12.7 Å². The Bertz CT molecular complexity index is 735. The Morgan fingerprint density at radius 3 is 2.89 bits per heavy atom. The van der Waals surface area contributed by atoms with Gasteiger partial charge in [0.15, 0.2) is 5.82 Å². The van der Waals surface area contributed by atoms with Crippen molar-refractivity contribution >= 4 is 34.0 Å². The van der Waals surface area contributed by atoms with Gasteiger partial charge in [0.05, 0.1) is 28.6 Å². The lowest BCUT2D eigenvalue weighted by Gasteiger charge is -2.05. The normalized spacial score (nSPS) is 11.3. The van der Waals surface area contributed by atoms with Crippen LogP contribution in [-0.4, -0.2) is 14.5 Å². The van der Waals surface area contributed by atoms with Gasteiger partial charge in [0.2, 0.25) is 0 Å². The molecule has 0 N–H and O–H groups in total. The van der Waals surface area contributed by atoms with Crippen LogP contribution >= 0.6 is 22.9 Å². The molecule has 0 saturated heterocycles.